The van der Waals surface area contributed by atoms with Crippen LogP contribution in [0.3, 0.4) is 0 Å². The number of likely N-dealkylation sites (N-methyl/N-ethyl adjacent to an activating group) is 1. The van der Waals surface area contributed by atoms with Gasteiger partial charge in [-0.15, -0.1) is 0 Å². The van der Waals surface area contributed by atoms with Crippen LogP contribution in [0.2, 0.25) is 0 Å². The molecular weight excluding hydrogens is 230 g/mol. The molecule has 0 spiro atoms. The first kappa shape index (κ1) is 15.3. The van der Waals surface area contributed by atoms with Crippen LogP contribution < -0.4 is 4.90 Å². The largest absolute Gasteiger partial charge is 0.371 e. The third-order valence-corrected chi connectivity index (χ3v) is 3.03. The van der Waals surface area contributed by atoms with Crippen LogP contribution in [0.5, 0.6) is 0 Å². The van der Waals surface area contributed by atoms with E-state index < -0.39 is 0 Å². The molecule has 1 rings (SSSR count). The Hall–Kier alpha value is -1.76. The normalized spacial score (nSPS) is 12.5. The van der Waals surface area contributed by atoms with Crippen LogP contribution in [0.1, 0.15) is 26.7 Å². The molecule has 1 nitrogen and oxygen atoms in total. The molecule has 19 heavy (non-hydrogen) atoms. The molecule has 0 heterocycles. The minimum absolute atomic E-state index is 0.940. The quantitative estimate of drug-likeness (QED) is 0.621. The molecule has 0 atom stereocenters. The highest BCUT2D eigenvalue weighted by Gasteiger charge is 1.97. The summed E-state index contributed by atoms with van der Waals surface area (Å²) in [5.74, 6) is 0. The first-order valence-electron chi connectivity index (χ1n) is 7.06. The van der Waals surface area contributed by atoms with E-state index in [9.17, 15) is 0 Å². The van der Waals surface area contributed by atoms with Crippen molar-refractivity contribution in [1.82, 2.24) is 0 Å². The van der Waals surface area contributed by atoms with Crippen molar-refractivity contribution in [2.24, 2.45) is 0 Å². The van der Waals surface area contributed by atoms with E-state index in [-0.39, 0.29) is 0 Å². The summed E-state index contributed by atoms with van der Waals surface area (Å²) in [4.78, 5) is 2.26. The average Bonchev–Trinajstić information content (AvgIpc) is 2.47. The van der Waals surface area contributed by atoms with Gasteiger partial charge in [-0.1, -0.05) is 68.0 Å². The lowest BCUT2D eigenvalue weighted by Crippen LogP contribution is -2.16. The van der Waals surface area contributed by atoms with E-state index in [1.807, 2.05) is 6.07 Å². The summed E-state index contributed by atoms with van der Waals surface area (Å²) in [6.45, 7) is 5.28. The molecule has 102 valence electrons. The second-order valence-electron chi connectivity index (χ2n) is 4.54. The van der Waals surface area contributed by atoms with Gasteiger partial charge in [0.05, 0.1) is 0 Å². The summed E-state index contributed by atoms with van der Waals surface area (Å²) >= 11 is 0. The molecule has 1 aromatic carbocycles. The standard InChI is InChI=1S/C18H25N/c1-4-6-7-9-12-17(5-2)15-16-19(3)18-13-10-8-11-14-18/h6-15H,4-5,16H2,1-3H3/b7-6+,12-9-,17-15?. The van der Waals surface area contributed by atoms with Crippen molar-refractivity contribution >= 4 is 5.69 Å². The summed E-state index contributed by atoms with van der Waals surface area (Å²) in [6.07, 6.45) is 13.1. The van der Waals surface area contributed by atoms with E-state index in [0.29, 0.717) is 0 Å². The monoisotopic (exact) mass is 255 g/mol. The van der Waals surface area contributed by atoms with Gasteiger partial charge in [0.15, 0.2) is 0 Å². The first-order valence-corrected chi connectivity index (χ1v) is 7.06. The molecule has 1 aromatic rings. The fourth-order valence-corrected chi connectivity index (χ4v) is 1.77. The van der Waals surface area contributed by atoms with Crippen molar-refractivity contribution in [2.45, 2.75) is 26.7 Å². The Labute approximate surface area is 118 Å². The van der Waals surface area contributed by atoms with Crippen LogP contribution in [0.4, 0.5) is 5.69 Å². The van der Waals surface area contributed by atoms with E-state index in [4.69, 9.17) is 0 Å². The molecule has 0 unspecified atom stereocenters. The molecule has 0 aliphatic rings. The van der Waals surface area contributed by atoms with Crippen LogP contribution >= 0.6 is 0 Å². The van der Waals surface area contributed by atoms with Crippen molar-refractivity contribution < 1.29 is 0 Å². The number of nitrogens with zero attached hydrogens (tertiary/aromatic N) is 1. The summed E-state index contributed by atoms with van der Waals surface area (Å²) in [5.41, 5.74) is 2.63. The van der Waals surface area contributed by atoms with Crippen molar-refractivity contribution in [3.8, 4) is 0 Å². The highest BCUT2D eigenvalue weighted by molar-refractivity contribution is 5.46. The van der Waals surface area contributed by atoms with Gasteiger partial charge in [0, 0.05) is 19.3 Å². The first-order chi connectivity index (χ1) is 9.27. The third kappa shape index (κ3) is 6.10. The fourth-order valence-electron chi connectivity index (χ4n) is 1.77. The summed E-state index contributed by atoms with van der Waals surface area (Å²) < 4.78 is 0. The number of hydrogen-bond donors (Lipinski definition) is 0. The predicted molar refractivity (Wildman–Crippen MR) is 86.7 cm³/mol. The third-order valence-electron chi connectivity index (χ3n) is 3.03. The lowest BCUT2D eigenvalue weighted by atomic mass is 10.1. The zero-order chi connectivity index (χ0) is 13.9. The van der Waals surface area contributed by atoms with Gasteiger partial charge in [0.25, 0.3) is 0 Å². The molecule has 0 bridgehead atoms. The SMILES string of the molecule is CC/C=C/C=C\C(=CCN(C)c1ccccc1)CC. The van der Waals surface area contributed by atoms with Crippen molar-refractivity contribution in [3.63, 3.8) is 0 Å². The van der Waals surface area contributed by atoms with Gasteiger partial charge in [0.1, 0.15) is 0 Å². The van der Waals surface area contributed by atoms with Gasteiger partial charge in [-0.25, -0.2) is 0 Å². The van der Waals surface area contributed by atoms with Gasteiger partial charge < -0.3 is 4.90 Å². The lowest BCUT2D eigenvalue weighted by molar-refractivity contribution is 1.01. The Morgan fingerprint density at radius 1 is 1.11 bits per heavy atom. The molecule has 1 heteroatoms. The highest BCUT2D eigenvalue weighted by Crippen LogP contribution is 2.12. The van der Waals surface area contributed by atoms with E-state index >= 15 is 0 Å². The average molecular weight is 255 g/mol. The molecule has 0 aliphatic heterocycles. The van der Waals surface area contributed by atoms with Gasteiger partial charge in [-0.05, 0) is 25.0 Å². The summed E-state index contributed by atoms with van der Waals surface area (Å²) in [5, 5.41) is 0. The van der Waals surface area contributed by atoms with E-state index in [1.54, 1.807) is 0 Å². The Balaban J connectivity index is 2.57. The minimum Gasteiger partial charge on any atom is -0.371 e. The maximum absolute atomic E-state index is 2.29. The molecule has 0 saturated heterocycles. The maximum atomic E-state index is 2.29. The van der Waals surface area contributed by atoms with E-state index in [2.05, 4.69) is 80.4 Å². The molecule has 0 saturated carbocycles. The van der Waals surface area contributed by atoms with E-state index in [1.165, 1.54) is 11.3 Å². The smallest absolute Gasteiger partial charge is 0.0366 e. The Morgan fingerprint density at radius 3 is 2.47 bits per heavy atom. The fraction of sp³-hybridized carbons (Fsp3) is 0.333. The topological polar surface area (TPSA) is 3.24 Å². The predicted octanol–water partition coefficient (Wildman–Crippen LogP) is 4.98. The van der Waals surface area contributed by atoms with Crippen molar-refractivity contribution in [3.05, 3.63) is 66.3 Å². The van der Waals surface area contributed by atoms with Gasteiger partial charge in [0.2, 0.25) is 0 Å². The van der Waals surface area contributed by atoms with Crippen LogP contribution in [0, 0.1) is 0 Å². The highest BCUT2D eigenvalue weighted by atomic mass is 15.1. The molecule has 0 radical (unpaired) electrons. The molecular formula is C18H25N. The number of allylic oxidation sites excluding steroid dienone is 5. The molecule has 0 aromatic heterocycles. The van der Waals surface area contributed by atoms with Crippen molar-refractivity contribution in [2.75, 3.05) is 18.5 Å². The summed E-state index contributed by atoms with van der Waals surface area (Å²) in [7, 11) is 2.12. The van der Waals surface area contributed by atoms with Crippen LogP contribution in [-0.2, 0) is 0 Å². The number of hydrogen-bond acceptors (Lipinski definition) is 1. The van der Waals surface area contributed by atoms with Crippen molar-refractivity contribution in [1.29, 1.82) is 0 Å². The number of anilines is 1. The van der Waals surface area contributed by atoms with Crippen LogP contribution in [0.25, 0.3) is 0 Å². The van der Waals surface area contributed by atoms with Gasteiger partial charge in [-0.3, -0.25) is 0 Å². The Bertz CT molecular complexity index is 426. The van der Waals surface area contributed by atoms with Crippen LogP contribution in [-0.4, -0.2) is 13.6 Å². The second-order valence-corrected chi connectivity index (χ2v) is 4.54. The number of benzene rings is 1. The Kier molecular flexibility index (Phi) is 7.41. The minimum atomic E-state index is 0.940. The molecule has 0 N–H and O–H groups in total. The van der Waals surface area contributed by atoms with Gasteiger partial charge in [-0.2, -0.15) is 0 Å². The maximum Gasteiger partial charge on any atom is 0.0366 e. The second kappa shape index (κ2) is 9.21. The van der Waals surface area contributed by atoms with Gasteiger partial charge >= 0.3 is 0 Å². The number of rotatable bonds is 7. The molecule has 0 fully saturated rings. The molecule has 0 amide bonds. The van der Waals surface area contributed by atoms with Crippen LogP contribution in [0.15, 0.2) is 66.3 Å². The summed E-state index contributed by atoms with van der Waals surface area (Å²) in [6, 6.07) is 10.5. The Morgan fingerprint density at radius 2 is 1.84 bits per heavy atom. The zero-order valence-electron chi connectivity index (χ0n) is 12.3. The lowest BCUT2D eigenvalue weighted by Gasteiger charge is -2.17. The zero-order valence-corrected chi connectivity index (χ0v) is 12.3. The van der Waals surface area contributed by atoms with E-state index in [0.717, 1.165) is 19.4 Å². The number of para-hydroxylation sites is 1. The molecule has 0 aliphatic carbocycles.